The number of ether oxygens (including phenoxy) is 1. The molecule has 16 heavy (non-hydrogen) atoms. The van der Waals surface area contributed by atoms with Gasteiger partial charge < -0.3 is 15.0 Å². The van der Waals surface area contributed by atoms with Crippen LogP contribution in [0.2, 0.25) is 0 Å². The third-order valence-corrected chi connectivity index (χ3v) is 2.90. The molecule has 1 N–H and O–H groups in total. The highest BCUT2D eigenvalue weighted by Crippen LogP contribution is 2.37. The maximum atomic E-state index is 11.7. The maximum Gasteiger partial charge on any atom is 0.410 e. The summed E-state index contributed by atoms with van der Waals surface area (Å²) in [5.74, 6) is 0.0869. The molecule has 0 bridgehead atoms. The minimum Gasteiger partial charge on any atom is -0.444 e. The predicted octanol–water partition coefficient (Wildman–Crippen LogP) is 0.743. The first-order valence-corrected chi connectivity index (χ1v) is 5.54. The van der Waals surface area contributed by atoms with Crippen molar-refractivity contribution < 1.29 is 14.3 Å². The van der Waals surface area contributed by atoms with E-state index in [1.165, 1.54) is 0 Å². The van der Waals surface area contributed by atoms with Crippen molar-refractivity contribution in [3.8, 4) is 0 Å². The van der Waals surface area contributed by atoms with Gasteiger partial charge >= 0.3 is 6.09 Å². The summed E-state index contributed by atoms with van der Waals surface area (Å²) in [4.78, 5) is 24.4. The van der Waals surface area contributed by atoms with Gasteiger partial charge in [0.25, 0.3) is 0 Å². The minimum absolute atomic E-state index is 0.0199. The summed E-state index contributed by atoms with van der Waals surface area (Å²) in [5.41, 5.74) is -0.475. The van der Waals surface area contributed by atoms with Gasteiger partial charge in [-0.25, -0.2) is 4.79 Å². The number of hydrogen-bond donors (Lipinski definition) is 1. The Morgan fingerprint density at radius 2 is 2.06 bits per heavy atom. The van der Waals surface area contributed by atoms with E-state index in [9.17, 15) is 9.59 Å². The predicted molar refractivity (Wildman–Crippen MR) is 57.9 cm³/mol. The van der Waals surface area contributed by atoms with Crippen LogP contribution >= 0.6 is 0 Å². The lowest BCUT2D eigenvalue weighted by Crippen LogP contribution is -2.60. The molecular weight excluding hydrogens is 208 g/mol. The molecule has 2 aliphatic rings. The van der Waals surface area contributed by atoms with E-state index < -0.39 is 5.60 Å². The van der Waals surface area contributed by atoms with Crippen molar-refractivity contribution >= 4 is 12.0 Å². The lowest BCUT2D eigenvalue weighted by Gasteiger charge is -2.46. The highest BCUT2D eigenvalue weighted by Gasteiger charge is 2.50. The molecule has 0 aromatic rings. The van der Waals surface area contributed by atoms with Gasteiger partial charge in [0.1, 0.15) is 5.60 Å². The number of rotatable bonds is 0. The van der Waals surface area contributed by atoms with E-state index >= 15 is 0 Å². The average Bonchev–Trinajstić information content (AvgIpc) is 2.41. The van der Waals surface area contributed by atoms with Crippen LogP contribution < -0.4 is 5.32 Å². The van der Waals surface area contributed by atoms with E-state index in [0.29, 0.717) is 26.1 Å². The zero-order valence-electron chi connectivity index (χ0n) is 10.0. The SMILES string of the molecule is CC(C)(C)OC(=O)N1CC2(CNC(=O)C2)C1. The summed E-state index contributed by atoms with van der Waals surface area (Å²) < 4.78 is 5.25. The second-order valence-electron chi connectivity index (χ2n) is 5.79. The van der Waals surface area contributed by atoms with Crippen LogP contribution in [0.1, 0.15) is 27.2 Å². The topological polar surface area (TPSA) is 58.6 Å². The zero-order chi connectivity index (χ0) is 12.0. The van der Waals surface area contributed by atoms with Crippen molar-refractivity contribution in [2.45, 2.75) is 32.8 Å². The van der Waals surface area contributed by atoms with Gasteiger partial charge in [-0.05, 0) is 20.8 Å². The zero-order valence-corrected chi connectivity index (χ0v) is 10.0. The number of amides is 2. The molecule has 0 aliphatic carbocycles. The quantitative estimate of drug-likeness (QED) is 0.663. The van der Waals surface area contributed by atoms with Gasteiger partial charge in [-0.3, -0.25) is 4.79 Å². The van der Waals surface area contributed by atoms with Crippen molar-refractivity contribution in [3.05, 3.63) is 0 Å². The Labute approximate surface area is 95.1 Å². The molecular formula is C11H18N2O3. The largest absolute Gasteiger partial charge is 0.444 e. The molecule has 1 spiro atoms. The summed E-state index contributed by atoms with van der Waals surface area (Å²) in [6.07, 6.45) is 0.254. The fourth-order valence-electron chi connectivity index (χ4n) is 2.19. The Kier molecular flexibility index (Phi) is 2.36. The Morgan fingerprint density at radius 1 is 1.44 bits per heavy atom. The van der Waals surface area contributed by atoms with Crippen LogP contribution in [0.5, 0.6) is 0 Å². The monoisotopic (exact) mass is 226 g/mol. The van der Waals surface area contributed by atoms with E-state index in [4.69, 9.17) is 4.74 Å². The summed E-state index contributed by atoms with van der Waals surface area (Å²) >= 11 is 0. The number of hydrogen-bond acceptors (Lipinski definition) is 3. The molecule has 2 amide bonds. The van der Waals surface area contributed by atoms with Crippen LogP contribution in [0.4, 0.5) is 4.79 Å². The van der Waals surface area contributed by atoms with Crippen molar-refractivity contribution in [2.75, 3.05) is 19.6 Å². The highest BCUT2D eigenvalue weighted by molar-refractivity contribution is 5.80. The fraction of sp³-hybridized carbons (Fsp3) is 0.818. The van der Waals surface area contributed by atoms with E-state index in [2.05, 4.69) is 5.32 Å². The van der Waals surface area contributed by atoms with E-state index in [-0.39, 0.29) is 17.4 Å². The molecule has 5 heteroatoms. The lowest BCUT2D eigenvalue weighted by molar-refractivity contribution is -0.120. The first-order valence-electron chi connectivity index (χ1n) is 5.54. The Bertz CT molecular complexity index is 327. The van der Waals surface area contributed by atoms with Gasteiger partial charge in [-0.2, -0.15) is 0 Å². The Hall–Kier alpha value is -1.26. The first kappa shape index (κ1) is 11.2. The Morgan fingerprint density at radius 3 is 2.50 bits per heavy atom. The molecule has 0 aromatic carbocycles. The summed E-state index contributed by atoms with van der Waals surface area (Å²) in [6, 6.07) is 0. The van der Waals surface area contributed by atoms with Crippen LogP contribution in [-0.4, -0.2) is 42.1 Å². The molecule has 0 saturated carbocycles. The number of nitrogens with zero attached hydrogens (tertiary/aromatic N) is 1. The van der Waals surface area contributed by atoms with Gasteiger partial charge in [0.05, 0.1) is 0 Å². The van der Waals surface area contributed by atoms with Crippen molar-refractivity contribution in [2.24, 2.45) is 5.41 Å². The van der Waals surface area contributed by atoms with Gasteiger partial charge in [0.15, 0.2) is 0 Å². The molecule has 2 aliphatic heterocycles. The summed E-state index contributed by atoms with van der Waals surface area (Å²) in [6.45, 7) is 7.48. The molecule has 2 fully saturated rings. The standard InChI is InChI=1S/C11H18N2O3/c1-10(2,3)16-9(15)13-6-11(7-13)4-8(14)12-5-11/h4-7H2,1-3H3,(H,12,14). The molecule has 2 saturated heterocycles. The lowest BCUT2D eigenvalue weighted by atomic mass is 9.79. The van der Waals surface area contributed by atoms with Gasteiger partial charge in [0, 0.05) is 31.5 Å². The van der Waals surface area contributed by atoms with Gasteiger partial charge in [-0.1, -0.05) is 0 Å². The molecule has 2 rings (SSSR count). The highest BCUT2D eigenvalue weighted by atomic mass is 16.6. The van der Waals surface area contributed by atoms with Gasteiger partial charge in [-0.15, -0.1) is 0 Å². The third-order valence-electron chi connectivity index (χ3n) is 2.90. The van der Waals surface area contributed by atoms with Crippen molar-refractivity contribution in [1.29, 1.82) is 0 Å². The fourth-order valence-corrected chi connectivity index (χ4v) is 2.19. The molecule has 0 atom stereocenters. The molecule has 5 nitrogen and oxygen atoms in total. The van der Waals surface area contributed by atoms with Crippen LogP contribution in [0, 0.1) is 5.41 Å². The normalized spacial score (nSPS) is 22.9. The second kappa shape index (κ2) is 3.37. The number of carbonyl (C=O) groups is 2. The number of likely N-dealkylation sites (tertiary alicyclic amines) is 1. The van der Waals surface area contributed by atoms with Crippen molar-refractivity contribution in [3.63, 3.8) is 0 Å². The smallest absolute Gasteiger partial charge is 0.410 e. The van der Waals surface area contributed by atoms with Crippen LogP contribution in [0.25, 0.3) is 0 Å². The Balaban J connectivity index is 1.84. The van der Waals surface area contributed by atoms with Crippen LogP contribution in [0.15, 0.2) is 0 Å². The molecule has 90 valence electrons. The van der Waals surface area contributed by atoms with E-state index in [1.54, 1.807) is 4.90 Å². The molecule has 2 heterocycles. The molecule has 0 unspecified atom stereocenters. The average molecular weight is 226 g/mol. The summed E-state index contributed by atoms with van der Waals surface area (Å²) in [7, 11) is 0. The maximum absolute atomic E-state index is 11.7. The number of nitrogens with one attached hydrogen (secondary N) is 1. The second-order valence-corrected chi connectivity index (χ2v) is 5.79. The van der Waals surface area contributed by atoms with E-state index in [0.717, 1.165) is 0 Å². The molecule has 0 radical (unpaired) electrons. The van der Waals surface area contributed by atoms with E-state index in [1.807, 2.05) is 20.8 Å². The van der Waals surface area contributed by atoms with Crippen molar-refractivity contribution in [1.82, 2.24) is 10.2 Å². The van der Waals surface area contributed by atoms with Crippen LogP contribution in [-0.2, 0) is 9.53 Å². The first-order chi connectivity index (χ1) is 7.30. The third kappa shape index (κ3) is 2.13. The minimum atomic E-state index is -0.455. The van der Waals surface area contributed by atoms with Crippen LogP contribution in [0.3, 0.4) is 0 Å². The number of carbonyl (C=O) groups excluding carboxylic acids is 2. The van der Waals surface area contributed by atoms with Gasteiger partial charge in [0.2, 0.25) is 5.91 Å². The molecule has 0 aromatic heterocycles. The summed E-state index contributed by atoms with van der Waals surface area (Å²) in [5, 5.41) is 2.80.